The van der Waals surface area contributed by atoms with Crippen LogP contribution in [0.1, 0.15) is 69.3 Å². The minimum Gasteiger partial charge on any atom is -0.311 e. The summed E-state index contributed by atoms with van der Waals surface area (Å²) in [6.45, 7) is 0. The molecular weight excluding hydrogens is 332 g/mol. The van der Waals surface area contributed by atoms with Gasteiger partial charge in [0.1, 0.15) is 0 Å². The van der Waals surface area contributed by atoms with Gasteiger partial charge >= 0.3 is 0 Å². The highest BCUT2D eigenvalue weighted by molar-refractivity contribution is 7.89. The van der Waals surface area contributed by atoms with Crippen molar-refractivity contribution >= 4 is 10.0 Å². The van der Waals surface area contributed by atoms with Crippen molar-refractivity contribution in [3.63, 3.8) is 0 Å². The van der Waals surface area contributed by atoms with Crippen molar-refractivity contribution < 1.29 is 8.42 Å². The molecule has 0 aromatic heterocycles. The van der Waals surface area contributed by atoms with Crippen LogP contribution in [0.15, 0.2) is 29.2 Å². The minimum atomic E-state index is -3.40. The fourth-order valence-corrected chi connectivity index (χ4v) is 6.41. The highest BCUT2D eigenvalue weighted by Crippen LogP contribution is 2.34. The summed E-state index contributed by atoms with van der Waals surface area (Å²) in [6, 6.07) is 8.86. The molecule has 2 atom stereocenters. The molecule has 0 radical (unpaired) electrons. The molecule has 2 unspecified atom stereocenters. The Morgan fingerprint density at radius 2 is 1.52 bits per heavy atom. The molecule has 3 aliphatic rings. The molecular formula is C20H30N2O2S. The number of fused-ring (bicyclic) bond motifs is 2. The van der Waals surface area contributed by atoms with Gasteiger partial charge in [0.2, 0.25) is 10.0 Å². The molecule has 3 fully saturated rings. The molecule has 4 nitrogen and oxygen atoms in total. The van der Waals surface area contributed by atoms with Crippen LogP contribution < -0.4 is 5.32 Å². The molecule has 1 aromatic rings. The van der Waals surface area contributed by atoms with E-state index < -0.39 is 10.0 Å². The van der Waals surface area contributed by atoms with Gasteiger partial charge in [0.25, 0.3) is 0 Å². The molecule has 5 heteroatoms. The number of sulfonamides is 1. The highest BCUT2D eigenvalue weighted by atomic mass is 32.2. The molecule has 2 saturated heterocycles. The molecule has 2 aliphatic heterocycles. The Morgan fingerprint density at radius 1 is 0.920 bits per heavy atom. The van der Waals surface area contributed by atoms with Crippen molar-refractivity contribution in [2.24, 2.45) is 0 Å². The summed E-state index contributed by atoms with van der Waals surface area (Å²) in [5.74, 6) is 0.614. The number of nitrogens with one attached hydrogen (secondary N) is 1. The first-order valence-corrected chi connectivity index (χ1v) is 11.3. The number of piperidine rings is 1. The van der Waals surface area contributed by atoms with Crippen LogP contribution in [0.2, 0.25) is 0 Å². The second-order valence-electron chi connectivity index (χ2n) is 8.19. The van der Waals surface area contributed by atoms with E-state index in [1.165, 1.54) is 50.5 Å². The molecule has 1 aromatic carbocycles. The summed E-state index contributed by atoms with van der Waals surface area (Å²) in [5.41, 5.74) is 1.31. The Hall–Kier alpha value is -0.910. The van der Waals surface area contributed by atoms with Crippen molar-refractivity contribution in [2.45, 2.75) is 86.7 Å². The van der Waals surface area contributed by atoms with Gasteiger partial charge in [-0.25, -0.2) is 8.42 Å². The zero-order valence-electron chi connectivity index (χ0n) is 15.2. The van der Waals surface area contributed by atoms with Gasteiger partial charge in [-0.05, 0) is 62.1 Å². The third-order valence-electron chi connectivity index (χ3n) is 6.60. The van der Waals surface area contributed by atoms with Crippen LogP contribution in [-0.4, -0.2) is 37.9 Å². The average molecular weight is 363 g/mol. The van der Waals surface area contributed by atoms with Gasteiger partial charge in [0.05, 0.1) is 4.90 Å². The molecule has 1 aliphatic carbocycles. The van der Waals surface area contributed by atoms with Gasteiger partial charge < -0.3 is 5.32 Å². The number of rotatable bonds is 4. The van der Waals surface area contributed by atoms with E-state index in [0.29, 0.717) is 22.9 Å². The maximum Gasteiger partial charge on any atom is 0.243 e. The SMILES string of the molecule is CN(C1CC2CCC(C1)N2)S(=O)(=O)c1ccc(C2CCCCC2)cc1. The first kappa shape index (κ1) is 17.5. The summed E-state index contributed by atoms with van der Waals surface area (Å²) >= 11 is 0. The summed E-state index contributed by atoms with van der Waals surface area (Å²) in [7, 11) is -1.64. The fourth-order valence-electron chi connectivity index (χ4n) is 5.03. The maximum atomic E-state index is 13.1. The van der Waals surface area contributed by atoms with E-state index in [4.69, 9.17) is 0 Å². The first-order chi connectivity index (χ1) is 12.0. The number of nitrogens with zero attached hydrogens (tertiary/aromatic N) is 1. The Balaban J connectivity index is 1.49. The second-order valence-corrected chi connectivity index (χ2v) is 10.2. The van der Waals surface area contributed by atoms with Crippen molar-refractivity contribution in [2.75, 3.05) is 7.05 Å². The zero-order valence-corrected chi connectivity index (χ0v) is 16.0. The summed E-state index contributed by atoms with van der Waals surface area (Å²) < 4.78 is 27.8. The van der Waals surface area contributed by atoms with Gasteiger partial charge in [-0.3, -0.25) is 0 Å². The van der Waals surface area contributed by atoms with Crippen LogP contribution in [0, 0.1) is 0 Å². The molecule has 2 bridgehead atoms. The summed E-state index contributed by atoms with van der Waals surface area (Å²) in [6.07, 6.45) is 10.7. The zero-order chi connectivity index (χ0) is 17.4. The normalized spacial score (nSPS) is 30.7. The monoisotopic (exact) mass is 362 g/mol. The van der Waals surface area contributed by atoms with E-state index in [1.54, 1.807) is 11.4 Å². The standard InChI is InChI=1S/C20H30N2O2S/c1-22(19-13-17-9-10-18(14-19)21-17)25(23,24)20-11-7-16(8-12-20)15-5-3-2-4-6-15/h7-8,11-12,15,17-19,21H,2-6,9-10,13-14H2,1H3. The van der Waals surface area contributed by atoms with E-state index in [9.17, 15) is 8.42 Å². The lowest BCUT2D eigenvalue weighted by Gasteiger charge is -2.34. The van der Waals surface area contributed by atoms with E-state index in [0.717, 1.165) is 12.8 Å². The number of hydrogen-bond acceptors (Lipinski definition) is 3. The van der Waals surface area contributed by atoms with E-state index in [2.05, 4.69) is 5.32 Å². The van der Waals surface area contributed by atoms with Crippen LogP contribution in [0.25, 0.3) is 0 Å². The van der Waals surface area contributed by atoms with E-state index in [-0.39, 0.29) is 6.04 Å². The third-order valence-corrected chi connectivity index (χ3v) is 8.52. The Labute approximate surface area is 152 Å². The predicted octanol–water partition coefficient (Wildman–Crippen LogP) is 3.64. The van der Waals surface area contributed by atoms with Gasteiger partial charge in [0.15, 0.2) is 0 Å². The molecule has 1 N–H and O–H groups in total. The van der Waals surface area contributed by atoms with Crippen LogP contribution in [0.4, 0.5) is 0 Å². The molecule has 2 heterocycles. The minimum absolute atomic E-state index is 0.127. The first-order valence-electron chi connectivity index (χ1n) is 9.88. The van der Waals surface area contributed by atoms with Crippen LogP contribution >= 0.6 is 0 Å². The molecule has 138 valence electrons. The van der Waals surface area contributed by atoms with Crippen LogP contribution in [0.5, 0.6) is 0 Å². The lowest BCUT2D eigenvalue weighted by molar-refractivity contribution is 0.251. The van der Waals surface area contributed by atoms with E-state index in [1.807, 2.05) is 24.3 Å². The molecule has 0 amide bonds. The lowest BCUT2D eigenvalue weighted by Crippen LogP contribution is -2.48. The maximum absolute atomic E-state index is 13.1. The van der Waals surface area contributed by atoms with Crippen LogP contribution in [0.3, 0.4) is 0 Å². The Morgan fingerprint density at radius 3 is 2.12 bits per heavy atom. The molecule has 25 heavy (non-hydrogen) atoms. The topological polar surface area (TPSA) is 49.4 Å². The third kappa shape index (κ3) is 3.51. The highest BCUT2D eigenvalue weighted by Gasteiger charge is 2.38. The largest absolute Gasteiger partial charge is 0.311 e. The van der Waals surface area contributed by atoms with Crippen LogP contribution in [-0.2, 0) is 10.0 Å². The van der Waals surface area contributed by atoms with Crippen molar-refractivity contribution in [1.29, 1.82) is 0 Å². The Kier molecular flexibility index (Phi) is 4.91. The predicted molar refractivity (Wildman–Crippen MR) is 100 cm³/mol. The second kappa shape index (κ2) is 7.01. The van der Waals surface area contributed by atoms with Gasteiger partial charge in [-0.2, -0.15) is 4.31 Å². The average Bonchev–Trinajstić information content (AvgIpc) is 2.99. The van der Waals surface area contributed by atoms with Gasteiger partial charge in [0, 0.05) is 25.2 Å². The summed E-state index contributed by atoms with van der Waals surface area (Å²) in [5, 5.41) is 3.59. The van der Waals surface area contributed by atoms with E-state index >= 15 is 0 Å². The molecule has 0 spiro atoms. The van der Waals surface area contributed by atoms with Crippen molar-refractivity contribution in [1.82, 2.24) is 9.62 Å². The quantitative estimate of drug-likeness (QED) is 0.890. The van der Waals surface area contributed by atoms with Gasteiger partial charge in [-0.15, -0.1) is 0 Å². The summed E-state index contributed by atoms with van der Waals surface area (Å²) in [4.78, 5) is 0.445. The Bertz CT molecular complexity index is 683. The number of hydrogen-bond donors (Lipinski definition) is 1. The molecule has 1 saturated carbocycles. The smallest absolute Gasteiger partial charge is 0.243 e. The van der Waals surface area contributed by atoms with Gasteiger partial charge in [-0.1, -0.05) is 31.4 Å². The fraction of sp³-hybridized carbons (Fsp3) is 0.700. The molecule has 4 rings (SSSR count). The lowest BCUT2D eigenvalue weighted by atomic mass is 9.84. The van der Waals surface area contributed by atoms with Crippen molar-refractivity contribution in [3.8, 4) is 0 Å². The number of benzene rings is 1. The van der Waals surface area contributed by atoms with Crippen molar-refractivity contribution in [3.05, 3.63) is 29.8 Å².